The molecule has 0 rings (SSSR count). The number of alkyl halides is 3. The lowest BCUT2D eigenvalue weighted by Gasteiger charge is -2.24. The highest BCUT2D eigenvalue weighted by Gasteiger charge is 2.37. The van der Waals surface area contributed by atoms with Crippen molar-refractivity contribution in [2.75, 3.05) is 6.61 Å². The second kappa shape index (κ2) is 6.25. The van der Waals surface area contributed by atoms with Crippen molar-refractivity contribution in [3.05, 3.63) is 0 Å². The Labute approximate surface area is 102 Å². The Bertz CT molecular complexity index is 241. The van der Waals surface area contributed by atoms with Gasteiger partial charge in [-0.1, -0.05) is 34.8 Å². The predicted octanol–water partition coefficient (Wildman–Crippen LogP) is 1.99. The molecule has 0 aromatic carbocycles. The zero-order chi connectivity index (χ0) is 12.1. The number of rotatable bonds is 3. The van der Waals surface area contributed by atoms with Crippen LogP contribution in [-0.4, -0.2) is 28.7 Å². The number of ether oxygens (including phenoxy) is 2. The van der Waals surface area contributed by atoms with Crippen molar-refractivity contribution in [2.24, 2.45) is 0 Å². The van der Waals surface area contributed by atoms with Crippen LogP contribution in [-0.2, 0) is 14.3 Å². The molecule has 1 N–H and O–H groups in total. The van der Waals surface area contributed by atoms with Gasteiger partial charge in [0.1, 0.15) is 0 Å². The minimum absolute atomic E-state index is 0.151. The largest absolute Gasteiger partial charge is 0.450 e. The summed E-state index contributed by atoms with van der Waals surface area (Å²) >= 11 is 16.4. The third kappa shape index (κ3) is 6.65. The van der Waals surface area contributed by atoms with Gasteiger partial charge in [-0.15, -0.1) is 0 Å². The number of alkyl carbamates (subject to hydrolysis) is 1. The summed E-state index contributed by atoms with van der Waals surface area (Å²) in [5.74, 6) is -0.692. The normalized spacial score (nSPS) is 12.9. The summed E-state index contributed by atoms with van der Waals surface area (Å²) in [6.45, 7) is 2.88. The Balaban J connectivity index is 4.38. The van der Waals surface area contributed by atoms with Crippen LogP contribution in [0.5, 0.6) is 0 Å². The van der Waals surface area contributed by atoms with Crippen molar-refractivity contribution in [3.8, 4) is 0 Å². The SMILES string of the molecule is CCOC(=O)N[C@@H](OC(C)=O)C(Cl)(Cl)Cl. The fourth-order valence-corrected chi connectivity index (χ4v) is 0.921. The van der Waals surface area contributed by atoms with E-state index in [1.54, 1.807) is 6.92 Å². The highest BCUT2D eigenvalue weighted by molar-refractivity contribution is 6.68. The zero-order valence-corrected chi connectivity index (χ0v) is 10.3. The molecule has 0 radical (unpaired) electrons. The Hall–Kier alpha value is -0.390. The van der Waals surface area contributed by atoms with Gasteiger partial charge in [-0.25, -0.2) is 4.79 Å². The van der Waals surface area contributed by atoms with E-state index in [-0.39, 0.29) is 6.61 Å². The number of halogens is 3. The van der Waals surface area contributed by atoms with E-state index in [4.69, 9.17) is 34.8 Å². The van der Waals surface area contributed by atoms with E-state index in [0.717, 1.165) is 6.92 Å². The van der Waals surface area contributed by atoms with Crippen LogP contribution in [0.3, 0.4) is 0 Å². The molecule has 0 aliphatic rings. The van der Waals surface area contributed by atoms with Gasteiger partial charge in [0.15, 0.2) is 0 Å². The fourth-order valence-electron chi connectivity index (χ4n) is 0.624. The minimum atomic E-state index is -1.96. The topological polar surface area (TPSA) is 64.6 Å². The van der Waals surface area contributed by atoms with E-state index < -0.39 is 22.1 Å². The Morgan fingerprint density at radius 3 is 2.27 bits per heavy atom. The molecule has 0 saturated heterocycles. The summed E-state index contributed by atoms with van der Waals surface area (Å²) in [4.78, 5) is 21.6. The lowest BCUT2D eigenvalue weighted by atomic mass is 10.6. The molecule has 15 heavy (non-hydrogen) atoms. The van der Waals surface area contributed by atoms with Crippen molar-refractivity contribution in [1.82, 2.24) is 5.32 Å². The third-order valence-electron chi connectivity index (χ3n) is 1.11. The molecule has 0 saturated carbocycles. The number of esters is 1. The predicted molar refractivity (Wildman–Crippen MR) is 56.0 cm³/mol. The van der Waals surface area contributed by atoms with Crippen molar-refractivity contribution < 1.29 is 19.1 Å². The van der Waals surface area contributed by atoms with Gasteiger partial charge in [-0.3, -0.25) is 10.1 Å². The first kappa shape index (κ1) is 14.6. The van der Waals surface area contributed by atoms with Gasteiger partial charge >= 0.3 is 12.1 Å². The van der Waals surface area contributed by atoms with Crippen molar-refractivity contribution in [3.63, 3.8) is 0 Å². The first-order valence-corrected chi connectivity index (χ1v) is 5.08. The van der Waals surface area contributed by atoms with Crippen LogP contribution in [0.2, 0.25) is 0 Å². The van der Waals surface area contributed by atoms with Crippen molar-refractivity contribution >= 4 is 46.9 Å². The van der Waals surface area contributed by atoms with Gasteiger partial charge in [0, 0.05) is 6.92 Å². The average Bonchev–Trinajstić information content (AvgIpc) is 2.00. The number of carbonyl (C=O) groups is 2. The van der Waals surface area contributed by atoms with E-state index >= 15 is 0 Å². The van der Waals surface area contributed by atoms with E-state index in [0.29, 0.717) is 0 Å². The van der Waals surface area contributed by atoms with Gasteiger partial charge in [0.25, 0.3) is 0 Å². The average molecular weight is 279 g/mol. The molecule has 0 aromatic heterocycles. The Kier molecular flexibility index (Phi) is 6.09. The molecule has 0 bridgehead atoms. The van der Waals surface area contributed by atoms with Crippen LogP contribution in [0, 0.1) is 0 Å². The first-order valence-electron chi connectivity index (χ1n) is 3.94. The van der Waals surface area contributed by atoms with E-state index in [2.05, 4.69) is 14.8 Å². The third-order valence-corrected chi connectivity index (χ3v) is 1.70. The number of nitrogens with one attached hydrogen (secondary N) is 1. The van der Waals surface area contributed by atoms with Gasteiger partial charge < -0.3 is 9.47 Å². The standard InChI is InChI=1S/C7H10Cl3NO4/c1-3-14-6(13)11-5(7(8,9)10)15-4(2)12/h5H,3H2,1-2H3,(H,11,13)/t5-/m0/s1. The van der Waals surface area contributed by atoms with Crippen LogP contribution >= 0.6 is 34.8 Å². The summed E-state index contributed by atoms with van der Waals surface area (Å²) in [5, 5.41) is 2.09. The lowest BCUT2D eigenvalue weighted by Crippen LogP contribution is -2.46. The molecule has 0 aliphatic carbocycles. The van der Waals surface area contributed by atoms with Crippen LogP contribution in [0.15, 0.2) is 0 Å². The number of hydrogen-bond acceptors (Lipinski definition) is 4. The quantitative estimate of drug-likeness (QED) is 0.487. The maximum Gasteiger partial charge on any atom is 0.410 e. The van der Waals surface area contributed by atoms with Gasteiger partial charge in [0.05, 0.1) is 6.61 Å². The highest BCUT2D eigenvalue weighted by Crippen LogP contribution is 2.31. The van der Waals surface area contributed by atoms with E-state index in [9.17, 15) is 9.59 Å². The molecule has 0 heterocycles. The lowest BCUT2D eigenvalue weighted by molar-refractivity contribution is -0.147. The summed E-state index contributed by atoms with van der Waals surface area (Å²) < 4.78 is 7.16. The van der Waals surface area contributed by atoms with Crippen molar-refractivity contribution in [2.45, 2.75) is 23.9 Å². The van der Waals surface area contributed by atoms with Gasteiger partial charge in [-0.05, 0) is 6.92 Å². The Morgan fingerprint density at radius 2 is 1.93 bits per heavy atom. The summed E-state index contributed by atoms with van der Waals surface area (Å²) in [6, 6.07) is 0. The molecule has 1 atom stereocenters. The molecule has 0 spiro atoms. The molecular weight excluding hydrogens is 268 g/mol. The number of hydrogen-bond donors (Lipinski definition) is 1. The van der Waals surface area contributed by atoms with Crippen LogP contribution in [0.1, 0.15) is 13.8 Å². The highest BCUT2D eigenvalue weighted by atomic mass is 35.6. The van der Waals surface area contributed by atoms with Crippen LogP contribution in [0.4, 0.5) is 4.79 Å². The molecule has 88 valence electrons. The molecule has 0 unspecified atom stereocenters. The smallest absolute Gasteiger partial charge is 0.410 e. The van der Waals surface area contributed by atoms with E-state index in [1.807, 2.05) is 0 Å². The monoisotopic (exact) mass is 277 g/mol. The van der Waals surface area contributed by atoms with Gasteiger partial charge in [0.2, 0.25) is 10.0 Å². The van der Waals surface area contributed by atoms with Gasteiger partial charge in [-0.2, -0.15) is 0 Å². The summed E-state index contributed by atoms with van der Waals surface area (Å²) in [6.07, 6.45) is -2.23. The number of amides is 1. The molecule has 0 aromatic rings. The summed E-state index contributed by atoms with van der Waals surface area (Å²) in [5.41, 5.74) is 0. The molecular formula is C7H10Cl3NO4. The second-order valence-corrected chi connectivity index (χ2v) is 4.76. The molecule has 1 amide bonds. The fraction of sp³-hybridized carbons (Fsp3) is 0.714. The first-order chi connectivity index (χ1) is 6.77. The molecule has 0 aliphatic heterocycles. The van der Waals surface area contributed by atoms with Crippen LogP contribution < -0.4 is 5.32 Å². The number of carbonyl (C=O) groups excluding carboxylic acids is 2. The summed E-state index contributed by atoms with van der Waals surface area (Å²) in [7, 11) is 0. The van der Waals surface area contributed by atoms with E-state index in [1.165, 1.54) is 0 Å². The molecule has 5 nitrogen and oxygen atoms in total. The maximum absolute atomic E-state index is 11.0. The van der Waals surface area contributed by atoms with Crippen molar-refractivity contribution in [1.29, 1.82) is 0 Å². The zero-order valence-electron chi connectivity index (χ0n) is 8.05. The maximum atomic E-state index is 11.0. The van der Waals surface area contributed by atoms with Crippen LogP contribution in [0.25, 0.3) is 0 Å². The Morgan fingerprint density at radius 1 is 1.40 bits per heavy atom. The molecule has 8 heteroatoms. The minimum Gasteiger partial charge on any atom is -0.450 e. The molecule has 0 fully saturated rings. The second-order valence-electron chi connectivity index (χ2n) is 2.40.